The van der Waals surface area contributed by atoms with E-state index < -0.39 is 28.8 Å². The highest BCUT2D eigenvalue weighted by molar-refractivity contribution is 8.18. The molecular formula is C25H16ClF2NO5S. The van der Waals surface area contributed by atoms with Gasteiger partial charge in [-0.3, -0.25) is 14.5 Å². The first kappa shape index (κ1) is 24.4. The summed E-state index contributed by atoms with van der Waals surface area (Å²) in [5.41, 5.74) is 0.700. The second kappa shape index (κ2) is 10.3. The van der Waals surface area contributed by atoms with Crippen molar-refractivity contribution in [3.63, 3.8) is 0 Å². The molecule has 178 valence electrons. The number of amides is 2. The molecule has 0 atom stereocenters. The zero-order valence-electron chi connectivity index (χ0n) is 18.1. The minimum Gasteiger partial charge on any atom is -0.493 e. The molecule has 0 N–H and O–H groups in total. The number of halogens is 3. The van der Waals surface area contributed by atoms with Crippen LogP contribution in [-0.2, 0) is 11.3 Å². The second-order valence-electron chi connectivity index (χ2n) is 7.27. The van der Waals surface area contributed by atoms with Crippen molar-refractivity contribution in [1.82, 2.24) is 4.90 Å². The smallest absolute Gasteiger partial charge is 0.343 e. The Labute approximate surface area is 208 Å². The molecule has 2 amide bonds. The van der Waals surface area contributed by atoms with Crippen LogP contribution in [0.25, 0.3) is 6.08 Å². The fraction of sp³-hybridized carbons (Fsp3) is 0.0800. The van der Waals surface area contributed by atoms with E-state index in [-0.39, 0.29) is 39.1 Å². The van der Waals surface area contributed by atoms with Crippen LogP contribution in [0.5, 0.6) is 11.5 Å². The van der Waals surface area contributed by atoms with Crippen molar-refractivity contribution < 1.29 is 32.6 Å². The summed E-state index contributed by atoms with van der Waals surface area (Å²) >= 11 is 6.73. The summed E-state index contributed by atoms with van der Waals surface area (Å²) in [7, 11) is 1.38. The van der Waals surface area contributed by atoms with Crippen LogP contribution in [0.15, 0.2) is 65.6 Å². The Morgan fingerprint density at radius 2 is 1.80 bits per heavy atom. The van der Waals surface area contributed by atoms with Crippen LogP contribution in [0.4, 0.5) is 13.6 Å². The van der Waals surface area contributed by atoms with Crippen LogP contribution in [0.2, 0.25) is 5.02 Å². The van der Waals surface area contributed by atoms with Gasteiger partial charge in [-0.2, -0.15) is 0 Å². The van der Waals surface area contributed by atoms with E-state index in [0.29, 0.717) is 17.3 Å². The van der Waals surface area contributed by atoms with E-state index in [1.165, 1.54) is 55.7 Å². The van der Waals surface area contributed by atoms with Crippen LogP contribution in [-0.4, -0.2) is 29.1 Å². The summed E-state index contributed by atoms with van der Waals surface area (Å²) in [4.78, 5) is 38.6. The van der Waals surface area contributed by atoms with Crippen molar-refractivity contribution in [1.29, 1.82) is 0 Å². The predicted octanol–water partition coefficient (Wildman–Crippen LogP) is 6.08. The Kier molecular flexibility index (Phi) is 7.18. The first-order chi connectivity index (χ1) is 16.8. The molecule has 3 aromatic rings. The monoisotopic (exact) mass is 515 g/mol. The normalized spacial score (nSPS) is 14.5. The number of carbonyl (C=O) groups is 3. The van der Waals surface area contributed by atoms with Gasteiger partial charge in [-0.1, -0.05) is 23.7 Å². The van der Waals surface area contributed by atoms with Crippen molar-refractivity contribution in [2.45, 2.75) is 6.54 Å². The minimum absolute atomic E-state index is 0.0479. The number of rotatable bonds is 6. The van der Waals surface area contributed by atoms with Gasteiger partial charge < -0.3 is 9.47 Å². The Bertz CT molecular complexity index is 1340. The molecule has 1 fully saturated rings. The highest BCUT2D eigenvalue weighted by Crippen LogP contribution is 2.36. The molecule has 6 nitrogen and oxygen atoms in total. The van der Waals surface area contributed by atoms with E-state index in [9.17, 15) is 23.2 Å². The van der Waals surface area contributed by atoms with Crippen LogP contribution in [0.1, 0.15) is 21.5 Å². The number of thioether (sulfide) groups is 1. The highest BCUT2D eigenvalue weighted by atomic mass is 35.5. The number of imide groups is 1. The Balaban J connectivity index is 1.53. The van der Waals surface area contributed by atoms with Gasteiger partial charge in [0, 0.05) is 10.6 Å². The number of ether oxygens (including phenoxy) is 2. The van der Waals surface area contributed by atoms with Gasteiger partial charge in [0.1, 0.15) is 11.6 Å². The standard InChI is InChI=1S/C25H16ClF2NO5S/c1-33-21-11-14(5-10-20(21)34-24(31)15-6-8-16(27)9-7-15)12-22-23(30)29(25(32)35-22)13-17-18(26)3-2-4-19(17)28/h2-12H,13H2,1H3/b22-12-. The van der Waals surface area contributed by atoms with E-state index in [2.05, 4.69) is 0 Å². The third-order valence-electron chi connectivity index (χ3n) is 5.02. The maximum absolute atomic E-state index is 14.1. The van der Waals surface area contributed by atoms with Crippen molar-refractivity contribution >= 4 is 46.6 Å². The van der Waals surface area contributed by atoms with Crippen molar-refractivity contribution in [3.8, 4) is 11.5 Å². The molecule has 35 heavy (non-hydrogen) atoms. The highest BCUT2D eigenvalue weighted by Gasteiger charge is 2.36. The molecule has 0 bridgehead atoms. The summed E-state index contributed by atoms with van der Waals surface area (Å²) < 4.78 is 37.8. The van der Waals surface area contributed by atoms with Gasteiger partial charge in [-0.15, -0.1) is 0 Å². The van der Waals surface area contributed by atoms with Gasteiger partial charge >= 0.3 is 5.97 Å². The van der Waals surface area contributed by atoms with E-state index in [1.807, 2.05) is 0 Å². The van der Waals surface area contributed by atoms with Gasteiger partial charge in [-0.05, 0) is 71.9 Å². The molecule has 0 saturated carbocycles. The topological polar surface area (TPSA) is 72.9 Å². The number of esters is 1. The predicted molar refractivity (Wildman–Crippen MR) is 127 cm³/mol. The molecule has 3 aromatic carbocycles. The first-order valence-corrected chi connectivity index (χ1v) is 11.3. The lowest BCUT2D eigenvalue weighted by molar-refractivity contribution is -0.123. The van der Waals surface area contributed by atoms with Crippen LogP contribution < -0.4 is 9.47 Å². The van der Waals surface area contributed by atoms with Gasteiger partial charge in [0.05, 0.1) is 24.1 Å². The van der Waals surface area contributed by atoms with E-state index in [4.69, 9.17) is 21.1 Å². The summed E-state index contributed by atoms with van der Waals surface area (Å²) in [6, 6.07) is 13.5. The molecular weight excluding hydrogens is 500 g/mol. The molecule has 1 heterocycles. The van der Waals surface area contributed by atoms with Gasteiger partial charge in [0.25, 0.3) is 11.1 Å². The number of hydrogen-bond donors (Lipinski definition) is 0. The average molecular weight is 516 g/mol. The zero-order valence-corrected chi connectivity index (χ0v) is 19.7. The maximum atomic E-state index is 14.1. The summed E-state index contributed by atoms with van der Waals surface area (Å²) in [6.07, 6.45) is 1.47. The lowest BCUT2D eigenvalue weighted by atomic mass is 10.1. The van der Waals surface area contributed by atoms with Crippen LogP contribution in [0, 0.1) is 11.6 Å². The van der Waals surface area contributed by atoms with Crippen molar-refractivity contribution in [3.05, 3.63) is 98.9 Å². The molecule has 0 aromatic heterocycles. The van der Waals surface area contributed by atoms with Gasteiger partial charge in [0.2, 0.25) is 0 Å². The Morgan fingerprint density at radius 3 is 2.49 bits per heavy atom. The number of nitrogens with zero attached hydrogens (tertiary/aromatic N) is 1. The average Bonchev–Trinajstić information content (AvgIpc) is 3.09. The van der Waals surface area contributed by atoms with E-state index >= 15 is 0 Å². The van der Waals surface area contributed by atoms with Crippen LogP contribution >= 0.6 is 23.4 Å². The molecule has 0 aliphatic carbocycles. The summed E-state index contributed by atoms with van der Waals surface area (Å²) in [5.74, 6) is -2.08. The SMILES string of the molecule is COc1cc(/C=C2\SC(=O)N(Cc3c(F)cccc3Cl)C2=O)ccc1OC(=O)c1ccc(F)cc1. The molecule has 0 unspecified atom stereocenters. The van der Waals surface area contributed by atoms with E-state index in [0.717, 1.165) is 17.0 Å². The molecule has 0 spiro atoms. The zero-order chi connectivity index (χ0) is 25.1. The molecule has 1 saturated heterocycles. The fourth-order valence-electron chi connectivity index (χ4n) is 3.23. The van der Waals surface area contributed by atoms with Gasteiger partial charge in [-0.25, -0.2) is 13.6 Å². The van der Waals surface area contributed by atoms with Gasteiger partial charge in [0.15, 0.2) is 11.5 Å². The molecule has 1 aliphatic rings. The van der Waals surface area contributed by atoms with E-state index in [1.54, 1.807) is 6.07 Å². The third-order valence-corrected chi connectivity index (χ3v) is 6.28. The fourth-order valence-corrected chi connectivity index (χ4v) is 4.29. The molecule has 1 aliphatic heterocycles. The van der Waals surface area contributed by atoms with Crippen molar-refractivity contribution in [2.24, 2.45) is 0 Å². The number of benzene rings is 3. The van der Waals surface area contributed by atoms with Crippen LogP contribution in [0.3, 0.4) is 0 Å². The Morgan fingerprint density at radius 1 is 1.06 bits per heavy atom. The second-order valence-corrected chi connectivity index (χ2v) is 8.68. The molecule has 0 radical (unpaired) electrons. The molecule has 4 rings (SSSR count). The first-order valence-electron chi connectivity index (χ1n) is 10.1. The number of methoxy groups -OCH3 is 1. The number of carbonyl (C=O) groups excluding carboxylic acids is 3. The molecule has 10 heteroatoms. The summed E-state index contributed by atoms with van der Waals surface area (Å²) in [5, 5.41) is -0.444. The number of hydrogen-bond acceptors (Lipinski definition) is 6. The Hall–Kier alpha value is -3.69. The maximum Gasteiger partial charge on any atom is 0.343 e. The third kappa shape index (κ3) is 5.36. The lowest BCUT2D eigenvalue weighted by Crippen LogP contribution is -2.28. The van der Waals surface area contributed by atoms with Crippen molar-refractivity contribution in [2.75, 3.05) is 7.11 Å². The quantitative estimate of drug-likeness (QED) is 0.225. The minimum atomic E-state index is -0.705. The largest absolute Gasteiger partial charge is 0.493 e. The lowest BCUT2D eigenvalue weighted by Gasteiger charge is -2.14. The summed E-state index contributed by atoms with van der Waals surface area (Å²) in [6.45, 7) is -0.297.